The molecule has 0 aromatic carbocycles. The van der Waals surface area contributed by atoms with Gasteiger partial charge in [0.25, 0.3) is 0 Å². The molecule has 0 aromatic heterocycles. The second-order valence-electron chi connectivity index (χ2n) is 5.26. The molecule has 1 saturated heterocycles. The molecule has 0 spiro atoms. The van der Waals surface area contributed by atoms with Crippen molar-refractivity contribution in [3.63, 3.8) is 0 Å². The zero-order valence-corrected chi connectivity index (χ0v) is 10.7. The minimum Gasteiger partial charge on any atom is -0.391 e. The van der Waals surface area contributed by atoms with E-state index in [0.29, 0.717) is 12.6 Å². The van der Waals surface area contributed by atoms with Gasteiger partial charge in [-0.25, -0.2) is 0 Å². The van der Waals surface area contributed by atoms with Crippen LogP contribution in [0.2, 0.25) is 0 Å². The molecule has 4 nitrogen and oxygen atoms in total. The number of aliphatic hydroxyl groups is 1. The zero-order chi connectivity index (χ0) is 12.3. The lowest BCUT2D eigenvalue weighted by Gasteiger charge is -2.23. The van der Waals surface area contributed by atoms with E-state index < -0.39 is 6.10 Å². The van der Waals surface area contributed by atoms with Crippen LogP contribution in [-0.4, -0.2) is 47.2 Å². The number of nitrogens with one attached hydrogen (secondary N) is 1. The summed E-state index contributed by atoms with van der Waals surface area (Å²) in [5.41, 5.74) is 0. The average molecular weight is 228 g/mol. The first-order chi connectivity index (χ1) is 7.41. The van der Waals surface area contributed by atoms with Crippen molar-refractivity contribution in [1.29, 1.82) is 0 Å². The van der Waals surface area contributed by atoms with Crippen molar-refractivity contribution in [3.05, 3.63) is 0 Å². The van der Waals surface area contributed by atoms with Gasteiger partial charge in [-0.2, -0.15) is 0 Å². The van der Waals surface area contributed by atoms with E-state index >= 15 is 0 Å². The Balaban J connectivity index is 2.45. The Morgan fingerprint density at radius 1 is 1.44 bits per heavy atom. The van der Waals surface area contributed by atoms with Crippen molar-refractivity contribution in [2.75, 3.05) is 13.1 Å². The van der Waals surface area contributed by atoms with E-state index in [2.05, 4.69) is 5.32 Å². The van der Waals surface area contributed by atoms with E-state index in [1.807, 2.05) is 27.7 Å². The standard InChI is InChI=1S/C12H24N2O2/c1-8(2)11(15)7-14-6-5-10(12(14)16)13-9(3)4/h8-11,13,15H,5-7H2,1-4H3. The first kappa shape index (κ1) is 13.5. The molecule has 4 heteroatoms. The summed E-state index contributed by atoms with van der Waals surface area (Å²) >= 11 is 0. The Labute approximate surface area is 98.0 Å². The second-order valence-corrected chi connectivity index (χ2v) is 5.26. The number of carbonyl (C=O) groups excluding carboxylic acids is 1. The van der Waals surface area contributed by atoms with Crippen LogP contribution in [0.15, 0.2) is 0 Å². The van der Waals surface area contributed by atoms with Crippen LogP contribution in [0.5, 0.6) is 0 Å². The first-order valence-electron chi connectivity index (χ1n) is 6.14. The minimum absolute atomic E-state index is 0.0561. The van der Waals surface area contributed by atoms with Crippen LogP contribution < -0.4 is 5.32 Å². The maximum atomic E-state index is 12.0. The van der Waals surface area contributed by atoms with E-state index in [4.69, 9.17) is 0 Å². The molecular formula is C12H24N2O2. The highest BCUT2D eigenvalue weighted by Crippen LogP contribution is 2.14. The van der Waals surface area contributed by atoms with Crippen molar-refractivity contribution in [1.82, 2.24) is 10.2 Å². The molecule has 2 unspecified atom stereocenters. The fraction of sp³-hybridized carbons (Fsp3) is 0.917. The first-order valence-corrected chi connectivity index (χ1v) is 6.14. The van der Waals surface area contributed by atoms with Gasteiger partial charge < -0.3 is 15.3 Å². The second kappa shape index (κ2) is 5.64. The van der Waals surface area contributed by atoms with Gasteiger partial charge in [0.05, 0.1) is 12.1 Å². The largest absolute Gasteiger partial charge is 0.391 e. The van der Waals surface area contributed by atoms with E-state index in [1.165, 1.54) is 0 Å². The molecular weight excluding hydrogens is 204 g/mol. The fourth-order valence-corrected chi connectivity index (χ4v) is 1.91. The van der Waals surface area contributed by atoms with Gasteiger partial charge >= 0.3 is 0 Å². The van der Waals surface area contributed by atoms with Crippen molar-refractivity contribution >= 4 is 5.91 Å². The molecule has 16 heavy (non-hydrogen) atoms. The van der Waals surface area contributed by atoms with E-state index in [9.17, 15) is 9.90 Å². The van der Waals surface area contributed by atoms with Crippen molar-refractivity contribution < 1.29 is 9.90 Å². The molecule has 2 N–H and O–H groups in total. The minimum atomic E-state index is -0.415. The van der Waals surface area contributed by atoms with Crippen LogP contribution in [0.4, 0.5) is 0 Å². The maximum absolute atomic E-state index is 12.0. The topological polar surface area (TPSA) is 52.6 Å². The van der Waals surface area contributed by atoms with Gasteiger partial charge in [-0.3, -0.25) is 4.79 Å². The smallest absolute Gasteiger partial charge is 0.239 e. The zero-order valence-electron chi connectivity index (χ0n) is 10.7. The van der Waals surface area contributed by atoms with Crippen LogP contribution in [0.1, 0.15) is 34.1 Å². The highest BCUT2D eigenvalue weighted by atomic mass is 16.3. The molecule has 1 aliphatic rings. The van der Waals surface area contributed by atoms with Crippen LogP contribution in [0, 0.1) is 5.92 Å². The van der Waals surface area contributed by atoms with Gasteiger partial charge in [0.2, 0.25) is 5.91 Å². The molecule has 0 saturated carbocycles. The fourth-order valence-electron chi connectivity index (χ4n) is 1.91. The number of hydrogen-bond donors (Lipinski definition) is 2. The number of β-amino-alcohol motifs (C(OH)–C–C–N with tert-alkyl or cyclic N) is 1. The summed E-state index contributed by atoms with van der Waals surface area (Å²) in [6.07, 6.45) is 0.434. The van der Waals surface area contributed by atoms with E-state index in [1.54, 1.807) is 4.90 Å². The van der Waals surface area contributed by atoms with Gasteiger partial charge in [-0.05, 0) is 12.3 Å². The monoisotopic (exact) mass is 228 g/mol. The lowest BCUT2D eigenvalue weighted by molar-refractivity contribution is -0.131. The number of amides is 1. The molecule has 0 aromatic rings. The van der Waals surface area contributed by atoms with E-state index in [0.717, 1.165) is 13.0 Å². The molecule has 0 aliphatic carbocycles. The summed E-state index contributed by atoms with van der Waals surface area (Å²) in [6, 6.07) is 0.267. The normalized spacial score (nSPS) is 23.6. The lowest BCUT2D eigenvalue weighted by atomic mass is 10.1. The molecule has 94 valence electrons. The van der Waals surface area contributed by atoms with Gasteiger partial charge in [0.15, 0.2) is 0 Å². The third-order valence-corrected chi connectivity index (χ3v) is 3.01. The predicted molar refractivity (Wildman–Crippen MR) is 64.1 cm³/mol. The summed E-state index contributed by atoms with van der Waals surface area (Å²) in [4.78, 5) is 13.7. The molecule has 1 rings (SSSR count). The van der Waals surface area contributed by atoms with Crippen molar-refractivity contribution in [2.45, 2.75) is 52.3 Å². The number of likely N-dealkylation sites (tertiary alicyclic amines) is 1. The van der Waals surface area contributed by atoms with Crippen LogP contribution in [0.3, 0.4) is 0 Å². The molecule has 1 fully saturated rings. The molecule has 0 radical (unpaired) electrons. The van der Waals surface area contributed by atoms with Crippen LogP contribution in [-0.2, 0) is 4.79 Å². The quantitative estimate of drug-likeness (QED) is 0.724. The van der Waals surface area contributed by atoms with Gasteiger partial charge in [0, 0.05) is 19.1 Å². The number of nitrogens with zero attached hydrogens (tertiary/aromatic N) is 1. The lowest BCUT2D eigenvalue weighted by Crippen LogP contribution is -2.43. The third kappa shape index (κ3) is 3.46. The van der Waals surface area contributed by atoms with Crippen molar-refractivity contribution in [3.8, 4) is 0 Å². The summed E-state index contributed by atoms with van der Waals surface area (Å²) < 4.78 is 0. The number of rotatable bonds is 5. The molecule has 2 atom stereocenters. The SMILES string of the molecule is CC(C)NC1CCN(CC(O)C(C)C)C1=O. The molecule has 1 aliphatic heterocycles. The van der Waals surface area contributed by atoms with Crippen LogP contribution in [0.25, 0.3) is 0 Å². The number of carbonyl (C=O) groups is 1. The summed E-state index contributed by atoms with van der Waals surface area (Å²) in [5, 5.41) is 13.0. The van der Waals surface area contributed by atoms with Gasteiger partial charge in [0.1, 0.15) is 0 Å². The maximum Gasteiger partial charge on any atom is 0.239 e. The highest BCUT2D eigenvalue weighted by molar-refractivity contribution is 5.84. The number of aliphatic hydroxyl groups excluding tert-OH is 1. The molecule has 1 amide bonds. The Morgan fingerprint density at radius 2 is 2.06 bits per heavy atom. The van der Waals surface area contributed by atoms with E-state index in [-0.39, 0.29) is 17.9 Å². The Kier molecular flexibility index (Phi) is 4.74. The average Bonchev–Trinajstić information content (AvgIpc) is 2.49. The predicted octanol–water partition coefficient (Wildman–Crippen LogP) is 0.602. The third-order valence-electron chi connectivity index (χ3n) is 3.01. The number of hydrogen-bond acceptors (Lipinski definition) is 3. The summed E-state index contributed by atoms with van der Waals surface area (Å²) in [6.45, 7) is 9.24. The van der Waals surface area contributed by atoms with Crippen LogP contribution >= 0.6 is 0 Å². The van der Waals surface area contributed by atoms with Gasteiger partial charge in [-0.15, -0.1) is 0 Å². The van der Waals surface area contributed by atoms with Gasteiger partial charge in [-0.1, -0.05) is 27.7 Å². The highest BCUT2D eigenvalue weighted by Gasteiger charge is 2.32. The molecule has 0 bridgehead atoms. The Bertz CT molecular complexity index is 241. The van der Waals surface area contributed by atoms with Crippen molar-refractivity contribution in [2.24, 2.45) is 5.92 Å². The Hall–Kier alpha value is -0.610. The molecule has 1 heterocycles. The summed E-state index contributed by atoms with van der Waals surface area (Å²) in [5.74, 6) is 0.332. The Morgan fingerprint density at radius 3 is 2.56 bits per heavy atom. The summed E-state index contributed by atoms with van der Waals surface area (Å²) in [7, 11) is 0.